The number of hydrogen-bond donors (Lipinski definition) is 1. The molecule has 0 spiro atoms. The van der Waals surface area contributed by atoms with E-state index in [0.717, 1.165) is 66.2 Å². The highest BCUT2D eigenvalue weighted by Gasteiger charge is 2.18. The van der Waals surface area contributed by atoms with Crippen LogP contribution in [0.25, 0.3) is 16.9 Å². The number of halogens is 2. The maximum absolute atomic E-state index is 13.8. The first kappa shape index (κ1) is 16.7. The number of nitrogens with zero attached hydrogens (tertiary/aromatic N) is 3. The summed E-state index contributed by atoms with van der Waals surface area (Å²) in [6.45, 7) is 4.83. The predicted molar refractivity (Wildman–Crippen MR) is 101 cm³/mol. The molecule has 1 aromatic carbocycles. The molecule has 25 heavy (non-hydrogen) atoms. The second kappa shape index (κ2) is 7.23. The Morgan fingerprint density at radius 2 is 1.92 bits per heavy atom. The van der Waals surface area contributed by atoms with Crippen LogP contribution in [0.2, 0.25) is 0 Å². The van der Waals surface area contributed by atoms with Crippen LogP contribution < -0.4 is 5.32 Å². The molecule has 0 saturated carbocycles. The summed E-state index contributed by atoms with van der Waals surface area (Å²) >= 11 is 3.48. The molecule has 1 saturated heterocycles. The minimum Gasteiger partial charge on any atom is -0.315 e. The van der Waals surface area contributed by atoms with E-state index in [1.165, 1.54) is 12.3 Å². The van der Waals surface area contributed by atoms with E-state index in [9.17, 15) is 4.39 Å². The van der Waals surface area contributed by atoms with E-state index in [2.05, 4.69) is 38.3 Å². The van der Waals surface area contributed by atoms with E-state index in [-0.39, 0.29) is 5.82 Å². The van der Waals surface area contributed by atoms with Gasteiger partial charge in [-0.15, -0.1) is 0 Å². The molecular weight excluding hydrogens is 383 g/mol. The van der Waals surface area contributed by atoms with E-state index >= 15 is 0 Å². The Bertz CT molecular complexity index is 867. The van der Waals surface area contributed by atoms with E-state index < -0.39 is 0 Å². The maximum atomic E-state index is 13.8. The zero-order chi connectivity index (χ0) is 17.2. The molecule has 3 aromatic rings. The number of fused-ring (bicyclic) bond motifs is 1. The van der Waals surface area contributed by atoms with Crippen LogP contribution >= 0.6 is 15.9 Å². The van der Waals surface area contributed by atoms with Gasteiger partial charge in [0.2, 0.25) is 0 Å². The van der Waals surface area contributed by atoms with Crippen LogP contribution in [0.1, 0.15) is 12.1 Å². The second-order valence-electron chi connectivity index (χ2n) is 6.37. The average molecular weight is 403 g/mol. The van der Waals surface area contributed by atoms with Crippen molar-refractivity contribution in [2.45, 2.75) is 13.0 Å². The topological polar surface area (TPSA) is 32.6 Å². The van der Waals surface area contributed by atoms with Gasteiger partial charge in [-0.25, -0.2) is 9.37 Å². The summed E-state index contributed by atoms with van der Waals surface area (Å²) < 4.78 is 16.8. The third-order valence-electron chi connectivity index (χ3n) is 4.61. The van der Waals surface area contributed by atoms with E-state index in [4.69, 9.17) is 4.98 Å². The minimum absolute atomic E-state index is 0.244. The summed E-state index contributed by atoms with van der Waals surface area (Å²) in [5.41, 5.74) is 3.80. The second-order valence-corrected chi connectivity index (χ2v) is 7.28. The lowest BCUT2D eigenvalue weighted by Crippen LogP contribution is -2.28. The molecule has 1 aliphatic heterocycles. The summed E-state index contributed by atoms with van der Waals surface area (Å²) in [5.74, 6) is -0.244. The van der Waals surface area contributed by atoms with Crippen molar-refractivity contribution < 1.29 is 4.39 Å². The Morgan fingerprint density at radius 1 is 1.08 bits per heavy atom. The third-order valence-corrected chi connectivity index (χ3v) is 5.13. The number of imidazole rings is 1. The van der Waals surface area contributed by atoms with Crippen LogP contribution in [0.15, 0.2) is 47.1 Å². The highest BCUT2D eigenvalue weighted by atomic mass is 79.9. The van der Waals surface area contributed by atoms with Gasteiger partial charge in [-0.1, -0.05) is 28.1 Å². The Balaban J connectivity index is 1.79. The Hall–Kier alpha value is -1.76. The Morgan fingerprint density at radius 3 is 2.76 bits per heavy atom. The zero-order valence-electron chi connectivity index (χ0n) is 13.9. The fraction of sp³-hybridized carbons (Fsp3) is 0.316. The molecule has 0 amide bonds. The summed E-state index contributed by atoms with van der Waals surface area (Å²) in [7, 11) is 0. The van der Waals surface area contributed by atoms with Crippen molar-refractivity contribution in [3.8, 4) is 11.3 Å². The van der Waals surface area contributed by atoms with Gasteiger partial charge < -0.3 is 5.32 Å². The predicted octanol–water partition coefficient (Wildman–Crippen LogP) is 3.70. The summed E-state index contributed by atoms with van der Waals surface area (Å²) in [6, 6.07) is 11.3. The fourth-order valence-corrected chi connectivity index (χ4v) is 3.59. The number of aromatic nitrogens is 2. The molecule has 4 rings (SSSR count). The van der Waals surface area contributed by atoms with Crippen molar-refractivity contribution in [3.63, 3.8) is 0 Å². The zero-order valence-corrected chi connectivity index (χ0v) is 15.5. The number of benzene rings is 1. The largest absolute Gasteiger partial charge is 0.315 e. The van der Waals surface area contributed by atoms with Gasteiger partial charge in [0.1, 0.15) is 11.5 Å². The van der Waals surface area contributed by atoms with Gasteiger partial charge in [0.05, 0.1) is 11.4 Å². The highest BCUT2D eigenvalue weighted by molar-refractivity contribution is 9.10. The number of hydrogen-bond acceptors (Lipinski definition) is 3. The first-order valence-corrected chi connectivity index (χ1v) is 9.35. The molecule has 6 heteroatoms. The molecule has 3 heterocycles. The Labute approximate surface area is 154 Å². The maximum Gasteiger partial charge on any atom is 0.139 e. The van der Waals surface area contributed by atoms with Crippen LogP contribution in [0.3, 0.4) is 0 Å². The molecule has 0 bridgehead atoms. The van der Waals surface area contributed by atoms with Crippen molar-refractivity contribution >= 4 is 21.6 Å². The quantitative estimate of drug-likeness (QED) is 0.724. The smallest absolute Gasteiger partial charge is 0.139 e. The average Bonchev–Trinajstić information content (AvgIpc) is 2.79. The molecule has 0 atom stereocenters. The van der Waals surface area contributed by atoms with Crippen LogP contribution in [0, 0.1) is 5.82 Å². The fourth-order valence-electron chi connectivity index (χ4n) is 3.33. The van der Waals surface area contributed by atoms with Gasteiger partial charge in [0.15, 0.2) is 0 Å². The van der Waals surface area contributed by atoms with Crippen LogP contribution in [0.5, 0.6) is 0 Å². The molecule has 1 fully saturated rings. The van der Waals surface area contributed by atoms with Crippen molar-refractivity contribution in [1.29, 1.82) is 0 Å². The van der Waals surface area contributed by atoms with E-state index in [1.54, 1.807) is 6.07 Å². The van der Waals surface area contributed by atoms with Gasteiger partial charge >= 0.3 is 0 Å². The molecule has 1 aliphatic rings. The van der Waals surface area contributed by atoms with Gasteiger partial charge in [-0.2, -0.15) is 0 Å². The first-order valence-electron chi connectivity index (χ1n) is 8.56. The van der Waals surface area contributed by atoms with Gasteiger partial charge in [-0.3, -0.25) is 9.30 Å². The number of rotatable bonds is 3. The molecule has 4 nitrogen and oxygen atoms in total. The summed E-state index contributed by atoms with van der Waals surface area (Å²) in [5, 5.41) is 3.43. The van der Waals surface area contributed by atoms with E-state index in [1.807, 2.05) is 16.5 Å². The lowest BCUT2D eigenvalue weighted by Gasteiger charge is -2.20. The van der Waals surface area contributed by atoms with Crippen LogP contribution in [-0.4, -0.2) is 40.5 Å². The molecule has 0 unspecified atom stereocenters. The summed E-state index contributed by atoms with van der Waals surface area (Å²) in [4.78, 5) is 7.19. The molecule has 130 valence electrons. The van der Waals surface area contributed by atoms with Crippen molar-refractivity contribution in [2.75, 3.05) is 26.2 Å². The number of nitrogens with one attached hydrogen (secondary N) is 1. The highest BCUT2D eigenvalue weighted by Crippen LogP contribution is 2.27. The van der Waals surface area contributed by atoms with Gasteiger partial charge in [-0.05, 0) is 43.8 Å². The molecule has 0 aliphatic carbocycles. The lowest BCUT2D eigenvalue weighted by molar-refractivity contribution is 0.280. The monoisotopic (exact) mass is 402 g/mol. The Kier molecular flexibility index (Phi) is 4.83. The van der Waals surface area contributed by atoms with Crippen molar-refractivity contribution in [3.05, 3.63) is 58.6 Å². The molecule has 0 radical (unpaired) electrons. The SMILES string of the molecule is Fc1ccc2nc(-c3ccc(Br)cc3)c(CN3CCCNCC3)n2c1. The standard InChI is InChI=1S/C19H20BrFN4/c20-15-4-2-14(3-5-15)19-17(13-24-10-1-8-22-9-11-24)25-12-16(21)6-7-18(25)23-19/h2-7,12,22H,1,8-11,13H2. The van der Waals surface area contributed by atoms with E-state index in [0.29, 0.717) is 0 Å². The first-order chi connectivity index (χ1) is 12.2. The minimum atomic E-state index is -0.244. The van der Waals surface area contributed by atoms with Gasteiger partial charge in [0.25, 0.3) is 0 Å². The van der Waals surface area contributed by atoms with Crippen LogP contribution in [0.4, 0.5) is 4.39 Å². The van der Waals surface area contributed by atoms with Crippen LogP contribution in [-0.2, 0) is 6.54 Å². The molecule has 1 N–H and O–H groups in total. The van der Waals surface area contributed by atoms with Crippen molar-refractivity contribution in [2.24, 2.45) is 0 Å². The molecule has 2 aromatic heterocycles. The third kappa shape index (κ3) is 3.61. The van der Waals surface area contributed by atoms with Gasteiger partial charge in [0, 0.05) is 35.9 Å². The molecular formula is C19H20BrFN4. The van der Waals surface area contributed by atoms with Crippen molar-refractivity contribution in [1.82, 2.24) is 19.6 Å². The lowest BCUT2D eigenvalue weighted by atomic mass is 10.1. The normalized spacial score (nSPS) is 16.2. The summed E-state index contributed by atoms with van der Waals surface area (Å²) in [6.07, 6.45) is 2.66. The number of pyridine rings is 1.